The Hall–Kier alpha value is -3.04. The van der Waals surface area contributed by atoms with Crippen molar-refractivity contribution in [3.05, 3.63) is 75.9 Å². The number of pyridine rings is 1. The molecule has 3 aromatic rings. The zero-order valence-electron chi connectivity index (χ0n) is 19.1. The van der Waals surface area contributed by atoms with Gasteiger partial charge in [-0.15, -0.1) is 5.10 Å². The number of likely N-dealkylation sites (tertiary alicyclic amines) is 1. The molecule has 10 heteroatoms. The Morgan fingerprint density at radius 2 is 2.00 bits per heavy atom. The number of aromatic nitrogens is 1. The summed E-state index contributed by atoms with van der Waals surface area (Å²) in [6.45, 7) is 3.08. The first-order chi connectivity index (χ1) is 17.0. The molecular formula is C25H27Cl2N7O. The summed E-state index contributed by atoms with van der Waals surface area (Å²) >= 11 is 12.4. The number of aliphatic hydroxyl groups is 1. The molecule has 1 fully saturated rings. The van der Waals surface area contributed by atoms with Crippen molar-refractivity contribution in [3.8, 4) is 11.1 Å². The summed E-state index contributed by atoms with van der Waals surface area (Å²) in [5, 5.41) is 20.3. The third kappa shape index (κ3) is 6.15. The minimum atomic E-state index is 0.233. The lowest BCUT2D eigenvalue weighted by atomic mass is 9.98. The highest BCUT2D eigenvalue weighted by molar-refractivity contribution is 6.44. The van der Waals surface area contributed by atoms with Crippen molar-refractivity contribution in [2.24, 2.45) is 16.2 Å². The first-order valence-corrected chi connectivity index (χ1v) is 12.1. The molecule has 1 aliphatic rings. The lowest BCUT2D eigenvalue weighted by Gasteiger charge is -2.31. The Bertz CT molecular complexity index is 1220. The standard InChI is InChI=1S/C25H27Cl2N7O/c26-21-4-1-5-22(23(21)27)31-25(32-33-29)20-11-19(12-30-24(20)28)18-8-6-16(7-9-18)13-34-10-2-3-17(14-34)15-35/h1,4-9,11-12,17,35H,2-3,10,13-15H2,(H2,28,30)(H2,29,31,32). The number of nitrogens with zero attached hydrogens (tertiary/aromatic N) is 4. The highest BCUT2D eigenvalue weighted by atomic mass is 35.5. The number of aliphatic hydroxyl groups excluding tert-OH is 1. The number of hydrogen-bond donors (Lipinski definition) is 4. The number of amidine groups is 1. The SMILES string of the molecule is N=N/N=C(\Nc1cccc(Cl)c1Cl)c1cc(-c2ccc(CN3CCCC(CO)C3)cc2)cnc1N. The van der Waals surface area contributed by atoms with Crippen molar-refractivity contribution < 1.29 is 5.11 Å². The van der Waals surface area contributed by atoms with Gasteiger partial charge in [-0.1, -0.05) is 58.8 Å². The molecule has 8 nitrogen and oxygen atoms in total. The van der Waals surface area contributed by atoms with Gasteiger partial charge in [-0.3, -0.25) is 4.90 Å². The Morgan fingerprint density at radius 3 is 2.74 bits per heavy atom. The minimum absolute atomic E-state index is 0.233. The van der Waals surface area contributed by atoms with Gasteiger partial charge >= 0.3 is 0 Å². The largest absolute Gasteiger partial charge is 0.396 e. The van der Waals surface area contributed by atoms with Gasteiger partial charge in [0.1, 0.15) is 5.82 Å². The summed E-state index contributed by atoms with van der Waals surface area (Å²) in [4.78, 5) is 6.73. The van der Waals surface area contributed by atoms with Gasteiger partial charge in [0.2, 0.25) is 0 Å². The molecule has 1 atom stereocenters. The van der Waals surface area contributed by atoms with Crippen LogP contribution in [-0.4, -0.2) is 40.5 Å². The number of piperidine rings is 1. The van der Waals surface area contributed by atoms with Crippen LogP contribution in [0.1, 0.15) is 24.0 Å². The van der Waals surface area contributed by atoms with Gasteiger partial charge in [0, 0.05) is 31.5 Å². The van der Waals surface area contributed by atoms with E-state index in [1.807, 2.05) is 18.2 Å². The fourth-order valence-electron chi connectivity index (χ4n) is 4.25. The maximum Gasteiger partial charge on any atom is 0.165 e. The first kappa shape index (κ1) is 25.1. The second kappa shape index (κ2) is 11.6. The van der Waals surface area contributed by atoms with Crippen LogP contribution in [0.2, 0.25) is 10.0 Å². The lowest BCUT2D eigenvalue weighted by molar-refractivity contribution is 0.116. The molecule has 4 rings (SSSR count). The maximum absolute atomic E-state index is 9.48. The molecule has 1 aliphatic heterocycles. The van der Waals surface area contributed by atoms with Crippen molar-refractivity contribution >= 4 is 40.5 Å². The first-order valence-electron chi connectivity index (χ1n) is 11.3. The van der Waals surface area contributed by atoms with Crippen molar-refractivity contribution in [2.75, 3.05) is 30.7 Å². The van der Waals surface area contributed by atoms with E-state index in [9.17, 15) is 5.11 Å². The molecule has 182 valence electrons. The molecule has 0 spiro atoms. The topological polar surface area (TPSA) is 123 Å². The van der Waals surface area contributed by atoms with Crippen LogP contribution in [0.25, 0.3) is 11.1 Å². The monoisotopic (exact) mass is 511 g/mol. The van der Waals surface area contributed by atoms with Crippen LogP contribution in [0.15, 0.2) is 65.1 Å². The molecule has 0 bridgehead atoms. The predicted molar refractivity (Wildman–Crippen MR) is 141 cm³/mol. The number of nitrogens with one attached hydrogen (secondary N) is 2. The van der Waals surface area contributed by atoms with E-state index >= 15 is 0 Å². The van der Waals surface area contributed by atoms with Gasteiger partial charge in [0.05, 0.1) is 21.3 Å². The molecule has 2 aromatic carbocycles. The normalized spacial score (nSPS) is 16.8. The molecule has 0 aliphatic carbocycles. The molecule has 5 N–H and O–H groups in total. The van der Waals surface area contributed by atoms with E-state index < -0.39 is 0 Å². The molecule has 1 saturated heterocycles. The minimum Gasteiger partial charge on any atom is -0.396 e. The van der Waals surface area contributed by atoms with Gasteiger partial charge in [-0.25, -0.2) is 4.98 Å². The van der Waals surface area contributed by atoms with E-state index in [1.54, 1.807) is 24.4 Å². The second-order valence-corrected chi connectivity index (χ2v) is 9.34. The third-order valence-electron chi connectivity index (χ3n) is 6.08. The number of nitrogens with two attached hydrogens (primary N) is 1. The smallest absolute Gasteiger partial charge is 0.165 e. The van der Waals surface area contributed by atoms with E-state index in [2.05, 4.69) is 37.7 Å². The van der Waals surface area contributed by atoms with Gasteiger partial charge in [0.25, 0.3) is 0 Å². The molecule has 0 amide bonds. The fraction of sp³-hybridized carbons (Fsp3) is 0.280. The molecule has 1 aromatic heterocycles. The summed E-state index contributed by atoms with van der Waals surface area (Å²) < 4.78 is 0. The highest BCUT2D eigenvalue weighted by Crippen LogP contribution is 2.31. The summed E-state index contributed by atoms with van der Waals surface area (Å²) in [5.74, 6) is 0.835. The average Bonchev–Trinajstić information content (AvgIpc) is 2.87. The number of rotatable bonds is 7. The Balaban J connectivity index is 1.55. The van der Waals surface area contributed by atoms with Crippen LogP contribution in [0.3, 0.4) is 0 Å². The second-order valence-electron chi connectivity index (χ2n) is 8.55. The quantitative estimate of drug-likeness (QED) is 0.141. The van der Waals surface area contributed by atoms with Crippen LogP contribution in [-0.2, 0) is 6.54 Å². The Morgan fingerprint density at radius 1 is 1.20 bits per heavy atom. The van der Waals surface area contributed by atoms with Crippen LogP contribution >= 0.6 is 23.2 Å². The Labute approximate surface area is 214 Å². The van der Waals surface area contributed by atoms with E-state index in [4.69, 9.17) is 34.5 Å². The van der Waals surface area contributed by atoms with Crippen LogP contribution in [0.4, 0.5) is 11.5 Å². The predicted octanol–water partition coefficient (Wildman–Crippen LogP) is 5.65. The molecular weight excluding hydrogens is 485 g/mol. The van der Waals surface area contributed by atoms with E-state index in [0.29, 0.717) is 27.2 Å². The summed E-state index contributed by atoms with van der Waals surface area (Å²) in [6.07, 6.45) is 3.91. The van der Waals surface area contributed by atoms with Crippen LogP contribution in [0, 0.1) is 11.4 Å². The summed E-state index contributed by atoms with van der Waals surface area (Å²) in [7, 11) is 0. The molecule has 2 heterocycles. The number of anilines is 2. The van der Waals surface area contributed by atoms with E-state index in [0.717, 1.165) is 43.6 Å². The zero-order valence-corrected chi connectivity index (χ0v) is 20.6. The third-order valence-corrected chi connectivity index (χ3v) is 6.90. The van der Waals surface area contributed by atoms with Gasteiger partial charge in [-0.05, 0) is 54.6 Å². The van der Waals surface area contributed by atoms with Gasteiger partial charge < -0.3 is 16.2 Å². The van der Waals surface area contributed by atoms with Crippen molar-refractivity contribution in [2.45, 2.75) is 19.4 Å². The molecule has 1 unspecified atom stereocenters. The Kier molecular flexibility index (Phi) is 8.30. The number of nitrogen functional groups attached to an aromatic ring is 1. The molecule has 0 saturated carbocycles. The molecule has 35 heavy (non-hydrogen) atoms. The van der Waals surface area contributed by atoms with E-state index in [1.165, 1.54) is 5.56 Å². The van der Waals surface area contributed by atoms with Crippen molar-refractivity contribution in [1.82, 2.24) is 9.88 Å². The average molecular weight is 512 g/mol. The number of hydrogen-bond acceptors (Lipinski definition) is 6. The number of halogens is 2. The zero-order chi connectivity index (χ0) is 24.8. The highest BCUT2D eigenvalue weighted by Gasteiger charge is 2.19. The van der Waals surface area contributed by atoms with Gasteiger partial charge in [-0.2, -0.15) is 5.53 Å². The fourth-order valence-corrected chi connectivity index (χ4v) is 4.60. The van der Waals surface area contributed by atoms with Crippen LogP contribution in [0.5, 0.6) is 0 Å². The summed E-state index contributed by atoms with van der Waals surface area (Å²) in [5.41, 5.74) is 17.4. The van der Waals surface area contributed by atoms with E-state index in [-0.39, 0.29) is 18.3 Å². The number of benzene rings is 2. The summed E-state index contributed by atoms with van der Waals surface area (Å²) in [6, 6.07) is 15.3. The van der Waals surface area contributed by atoms with Crippen molar-refractivity contribution in [3.63, 3.8) is 0 Å². The van der Waals surface area contributed by atoms with Gasteiger partial charge in [0.15, 0.2) is 5.84 Å². The van der Waals surface area contributed by atoms with Crippen molar-refractivity contribution in [1.29, 1.82) is 5.53 Å². The van der Waals surface area contributed by atoms with Crippen LogP contribution < -0.4 is 11.1 Å². The maximum atomic E-state index is 9.48. The molecule has 0 radical (unpaired) electrons. The lowest BCUT2D eigenvalue weighted by Crippen LogP contribution is -2.36.